The fourth-order valence-corrected chi connectivity index (χ4v) is 2.39. The summed E-state index contributed by atoms with van der Waals surface area (Å²) in [6, 6.07) is 6.95. The summed E-state index contributed by atoms with van der Waals surface area (Å²) in [5, 5.41) is 6.38. The molecule has 0 unspecified atom stereocenters. The molecule has 128 valence electrons. The number of pyridine rings is 1. The van der Waals surface area contributed by atoms with Crippen LogP contribution in [0.1, 0.15) is 23.0 Å². The van der Waals surface area contributed by atoms with Crippen LogP contribution in [-0.4, -0.2) is 20.7 Å². The normalized spacial score (nSPS) is 10.7. The van der Waals surface area contributed by atoms with Gasteiger partial charge in [0.15, 0.2) is 23.3 Å². The second-order valence-corrected chi connectivity index (χ2v) is 5.14. The van der Waals surface area contributed by atoms with Gasteiger partial charge in [0.05, 0.1) is 23.1 Å². The Bertz CT molecular complexity index is 925. The van der Waals surface area contributed by atoms with Gasteiger partial charge < -0.3 is 5.32 Å². The minimum Gasteiger partial charge on any atom is -0.319 e. The predicted octanol–water partition coefficient (Wildman–Crippen LogP) is 3.50. The van der Waals surface area contributed by atoms with E-state index in [1.54, 1.807) is 24.4 Å². The molecule has 1 amide bonds. The first-order valence-electron chi connectivity index (χ1n) is 7.46. The van der Waals surface area contributed by atoms with Crippen LogP contribution in [-0.2, 0) is 6.42 Å². The van der Waals surface area contributed by atoms with Crippen molar-refractivity contribution in [3.05, 3.63) is 71.4 Å². The van der Waals surface area contributed by atoms with E-state index >= 15 is 0 Å². The van der Waals surface area contributed by atoms with Crippen LogP contribution in [0, 0.1) is 17.5 Å². The molecule has 8 heteroatoms. The number of carbonyl (C=O) groups excluding carboxylic acids is 1. The van der Waals surface area contributed by atoms with Crippen LogP contribution in [0.5, 0.6) is 0 Å². The SMILES string of the molecule is CCc1c(C(=O)Nc2ccc(F)c(F)c2F)cnn1-c1ccccn1. The summed E-state index contributed by atoms with van der Waals surface area (Å²) in [5.41, 5.74) is 0.299. The summed E-state index contributed by atoms with van der Waals surface area (Å²) in [7, 11) is 0. The van der Waals surface area contributed by atoms with E-state index < -0.39 is 29.0 Å². The molecule has 0 fully saturated rings. The zero-order valence-corrected chi connectivity index (χ0v) is 13.1. The van der Waals surface area contributed by atoms with Gasteiger partial charge >= 0.3 is 0 Å². The first-order valence-corrected chi connectivity index (χ1v) is 7.46. The van der Waals surface area contributed by atoms with E-state index in [-0.39, 0.29) is 5.56 Å². The molecule has 1 N–H and O–H groups in total. The van der Waals surface area contributed by atoms with Crippen LogP contribution >= 0.6 is 0 Å². The Hall–Kier alpha value is -3.16. The van der Waals surface area contributed by atoms with E-state index in [1.165, 1.54) is 10.9 Å². The monoisotopic (exact) mass is 346 g/mol. The van der Waals surface area contributed by atoms with Gasteiger partial charge in [0, 0.05) is 6.20 Å². The van der Waals surface area contributed by atoms with Gasteiger partial charge in [-0.05, 0) is 30.7 Å². The van der Waals surface area contributed by atoms with E-state index in [9.17, 15) is 18.0 Å². The van der Waals surface area contributed by atoms with E-state index in [0.29, 0.717) is 17.9 Å². The largest absolute Gasteiger partial charge is 0.319 e. The molecule has 0 radical (unpaired) electrons. The molecular formula is C17H13F3N4O. The van der Waals surface area contributed by atoms with Crippen molar-refractivity contribution in [3.8, 4) is 5.82 Å². The van der Waals surface area contributed by atoms with E-state index in [2.05, 4.69) is 15.4 Å². The van der Waals surface area contributed by atoms with Crippen molar-refractivity contribution in [2.24, 2.45) is 0 Å². The van der Waals surface area contributed by atoms with Crippen molar-refractivity contribution < 1.29 is 18.0 Å². The third kappa shape index (κ3) is 3.10. The predicted molar refractivity (Wildman–Crippen MR) is 85.0 cm³/mol. The number of carbonyl (C=O) groups is 1. The van der Waals surface area contributed by atoms with Gasteiger partial charge in [-0.15, -0.1) is 0 Å². The lowest BCUT2D eigenvalue weighted by Gasteiger charge is -2.09. The molecule has 0 aliphatic carbocycles. The number of nitrogens with one attached hydrogen (secondary N) is 1. The molecule has 5 nitrogen and oxygen atoms in total. The van der Waals surface area contributed by atoms with Crippen molar-refractivity contribution in [1.82, 2.24) is 14.8 Å². The summed E-state index contributed by atoms with van der Waals surface area (Å²) in [5.74, 6) is -4.57. The molecule has 25 heavy (non-hydrogen) atoms. The second-order valence-electron chi connectivity index (χ2n) is 5.14. The molecule has 3 aromatic rings. The van der Waals surface area contributed by atoms with Gasteiger partial charge in [-0.1, -0.05) is 13.0 Å². The molecule has 3 rings (SSSR count). The van der Waals surface area contributed by atoms with E-state index in [1.807, 2.05) is 6.92 Å². The number of halogens is 3. The third-order valence-electron chi connectivity index (χ3n) is 3.60. The molecule has 2 heterocycles. The Morgan fingerprint density at radius 3 is 2.64 bits per heavy atom. The Labute approximate surface area is 141 Å². The topological polar surface area (TPSA) is 59.8 Å². The van der Waals surface area contributed by atoms with Crippen molar-refractivity contribution in [2.45, 2.75) is 13.3 Å². The molecule has 0 saturated carbocycles. The molecule has 0 spiro atoms. The van der Waals surface area contributed by atoms with Crippen LogP contribution in [0.3, 0.4) is 0 Å². The smallest absolute Gasteiger partial charge is 0.259 e. The Kier molecular flexibility index (Phi) is 4.51. The number of aromatic nitrogens is 3. The third-order valence-corrected chi connectivity index (χ3v) is 3.60. The molecule has 0 bridgehead atoms. The highest BCUT2D eigenvalue weighted by atomic mass is 19.2. The fourth-order valence-electron chi connectivity index (χ4n) is 2.39. The van der Waals surface area contributed by atoms with Crippen LogP contribution in [0.4, 0.5) is 18.9 Å². The first-order chi connectivity index (χ1) is 12.0. The Morgan fingerprint density at radius 1 is 1.16 bits per heavy atom. The summed E-state index contributed by atoms with van der Waals surface area (Å²) in [6.45, 7) is 1.82. The van der Waals surface area contributed by atoms with Crippen molar-refractivity contribution in [1.29, 1.82) is 0 Å². The summed E-state index contributed by atoms with van der Waals surface area (Å²) >= 11 is 0. The molecule has 1 aromatic carbocycles. The Morgan fingerprint density at radius 2 is 1.96 bits per heavy atom. The maximum Gasteiger partial charge on any atom is 0.259 e. The number of anilines is 1. The summed E-state index contributed by atoms with van der Waals surface area (Å²) in [6.07, 6.45) is 3.37. The minimum absolute atomic E-state index is 0.192. The van der Waals surface area contributed by atoms with Crippen LogP contribution in [0.15, 0.2) is 42.7 Å². The lowest BCUT2D eigenvalue weighted by atomic mass is 10.2. The molecule has 0 aliphatic heterocycles. The van der Waals surface area contributed by atoms with Gasteiger partial charge in [0.25, 0.3) is 5.91 Å². The summed E-state index contributed by atoms with van der Waals surface area (Å²) in [4.78, 5) is 16.6. The highest BCUT2D eigenvalue weighted by Crippen LogP contribution is 2.21. The highest BCUT2D eigenvalue weighted by molar-refractivity contribution is 6.05. The molecular weight excluding hydrogens is 333 g/mol. The van der Waals surface area contributed by atoms with Gasteiger partial charge in [0.2, 0.25) is 0 Å². The molecule has 0 atom stereocenters. The zero-order valence-electron chi connectivity index (χ0n) is 13.1. The van der Waals surface area contributed by atoms with Crippen molar-refractivity contribution in [2.75, 3.05) is 5.32 Å². The number of hydrogen-bond donors (Lipinski definition) is 1. The van der Waals surface area contributed by atoms with Gasteiger partial charge in [-0.3, -0.25) is 4.79 Å². The second kappa shape index (κ2) is 6.76. The maximum absolute atomic E-state index is 13.7. The van der Waals surface area contributed by atoms with E-state index in [0.717, 1.165) is 12.1 Å². The van der Waals surface area contributed by atoms with Gasteiger partial charge in [-0.2, -0.15) is 5.10 Å². The van der Waals surface area contributed by atoms with Crippen LogP contribution in [0.2, 0.25) is 0 Å². The lowest BCUT2D eigenvalue weighted by Crippen LogP contribution is -2.16. The highest BCUT2D eigenvalue weighted by Gasteiger charge is 2.20. The minimum atomic E-state index is -1.64. The van der Waals surface area contributed by atoms with Gasteiger partial charge in [0.1, 0.15) is 0 Å². The maximum atomic E-state index is 13.7. The van der Waals surface area contributed by atoms with Crippen molar-refractivity contribution >= 4 is 11.6 Å². The average Bonchev–Trinajstić information content (AvgIpc) is 3.07. The quantitative estimate of drug-likeness (QED) is 0.736. The number of benzene rings is 1. The number of nitrogens with zero attached hydrogens (tertiary/aromatic N) is 3. The molecule has 2 aromatic heterocycles. The van der Waals surface area contributed by atoms with E-state index in [4.69, 9.17) is 0 Å². The van der Waals surface area contributed by atoms with Gasteiger partial charge in [-0.25, -0.2) is 22.8 Å². The summed E-state index contributed by atoms with van der Waals surface area (Å²) < 4.78 is 41.5. The Balaban J connectivity index is 1.94. The number of amides is 1. The fraction of sp³-hybridized carbons (Fsp3) is 0.118. The first kappa shape index (κ1) is 16.7. The number of rotatable bonds is 4. The van der Waals surface area contributed by atoms with Crippen LogP contribution in [0.25, 0.3) is 5.82 Å². The van der Waals surface area contributed by atoms with Crippen LogP contribution < -0.4 is 5.32 Å². The zero-order chi connectivity index (χ0) is 18.0. The number of hydrogen-bond acceptors (Lipinski definition) is 3. The van der Waals surface area contributed by atoms with Crippen molar-refractivity contribution in [3.63, 3.8) is 0 Å². The average molecular weight is 346 g/mol. The molecule has 0 aliphatic rings. The molecule has 0 saturated heterocycles. The lowest BCUT2D eigenvalue weighted by molar-refractivity contribution is 0.102. The standard InChI is InChI=1S/C17H13F3N4O/c1-2-13-10(9-22-24(13)14-5-3-4-8-21-14)17(25)23-12-7-6-11(18)15(19)16(12)20/h3-9H,2H2,1H3,(H,23,25).